The first-order valence-corrected chi connectivity index (χ1v) is 9.71. The van der Waals surface area contributed by atoms with Crippen molar-refractivity contribution in [1.82, 2.24) is 14.8 Å². The summed E-state index contributed by atoms with van der Waals surface area (Å²) in [5.74, 6) is 0.928. The Morgan fingerprint density at radius 2 is 1.86 bits per heavy atom. The highest BCUT2D eigenvalue weighted by Crippen LogP contribution is 2.26. The second kappa shape index (κ2) is 8.88. The molecule has 0 saturated heterocycles. The van der Waals surface area contributed by atoms with E-state index in [1.54, 1.807) is 35.8 Å². The summed E-state index contributed by atoms with van der Waals surface area (Å²) >= 11 is 1.31. The number of ether oxygens (including phenoxy) is 1. The van der Waals surface area contributed by atoms with Crippen LogP contribution in [0.3, 0.4) is 0 Å². The smallest absolute Gasteiger partial charge is 0.237 e. The van der Waals surface area contributed by atoms with Crippen molar-refractivity contribution >= 4 is 23.4 Å². The van der Waals surface area contributed by atoms with Crippen LogP contribution in [0.2, 0.25) is 0 Å². The van der Waals surface area contributed by atoms with E-state index in [2.05, 4.69) is 15.5 Å². The summed E-state index contributed by atoms with van der Waals surface area (Å²) in [6.07, 6.45) is 0. The maximum absolute atomic E-state index is 13.1. The largest absolute Gasteiger partial charge is 0.494 e. The average Bonchev–Trinajstić information content (AvgIpc) is 3.04. The zero-order valence-electron chi connectivity index (χ0n) is 15.8. The van der Waals surface area contributed by atoms with Crippen LogP contribution < -0.4 is 10.1 Å². The van der Waals surface area contributed by atoms with Gasteiger partial charge in [-0.15, -0.1) is 10.2 Å². The number of carbonyl (C=O) groups is 1. The zero-order valence-corrected chi connectivity index (χ0v) is 16.7. The summed E-state index contributed by atoms with van der Waals surface area (Å²) < 4.78 is 20.3. The van der Waals surface area contributed by atoms with Crippen LogP contribution >= 0.6 is 11.8 Å². The van der Waals surface area contributed by atoms with Gasteiger partial charge < -0.3 is 14.6 Å². The number of rotatable bonds is 7. The summed E-state index contributed by atoms with van der Waals surface area (Å²) in [5.41, 5.74) is 1.46. The topological polar surface area (TPSA) is 69.0 Å². The molecule has 0 spiro atoms. The summed E-state index contributed by atoms with van der Waals surface area (Å²) in [6, 6.07) is 13.3. The number of nitrogens with zero attached hydrogens (tertiary/aromatic N) is 3. The van der Waals surface area contributed by atoms with Crippen LogP contribution in [0.4, 0.5) is 10.1 Å². The number of halogens is 1. The zero-order chi connectivity index (χ0) is 20.1. The molecule has 1 amide bonds. The van der Waals surface area contributed by atoms with Gasteiger partial charge in [-0.3, -0.25) is 4.79 Å². The van der Waals surface area contributed by atoms with Gasteiger partial charge in [0, 0.05) is 18.3 Å². The normalized spacial score (nSPS) is 11.9. The number of nitrogens with one attached hydrogen (secondary N) is 1. The number of thioether (sulfide) groups is 1. The molecule has 3 aromatic rings. The summed E-state index contributed by atoms with van der Waals surface area (Å²) in [4.78, 5) is 12.5. The van der Waals surface area contributed by atoms with Crippen LogP contribution in [-0.2, 0) is 11.8 Å². The van der Waals surface area contributed by atoms with Crippen molar-refractivity contribution in [2.45, 2.75) is 24.3 Å². The molecular formula is C20H21FN4O2S. The fraction of sp³-hybridized carbons (Fsp3) is 0.250. The Balaban J connectivity index is 1.64. The van der Waals surface area contributed by atoms with E-state index in [0.717, 1.165) is 11.3 Å². The molecule has 3 rings (SSSR count). The molecule has 28 heavy (non-hydrogen) atoms. The van der Waals surface area contributed by atoms with Crippen molar-refractivity contribution in [2.75, 3.05) is 11.9 Å². The first-order valence-electron chi connectivity index (χ1n) is 8.83. The lowest BCUT2D eigenvalue weighted by Crippen LogP contribution is -2.22. The van der Waals surface area contributed by atoms with Gasteiger partial charge in [-0.1, -0.05) is 11.8 Å². The summed E-state index contributed by atoms with van der Waals surface area (Å²) in [5, 5.41) is 11.4. The SMILES string of the molecule is CCOc1ccc(NC(=O)[C@H](C)Sc2nnc(-c3ccc(F)cc3)n2C)cc1. The lowest BCUT2D eigenvalue weighted by molar-refractivity contribution is -0.115. The van der Waals surface area contributed by atoms with E-state index in [1.807, 2.05) is 26.1 Å². The first kappa shape index (κ1) is 19.9. The van der Waals surface area contributed by atoms with Crippen molar-refractivity contribution in [3.05, 3.63) is 54.3 Å². The predicted molar refractivity (Wildman–Crippen MR) is 108 cm³/mol. The molecule has 0 aliphatic heterocycles. The molecule has 0 bridgehead atoms. The van der Waals surface area contributed by atoms with Crippen molar-refractivity contribution < 1.29 is 13.9 Å². The molecule has 0 unspecified atom stereocenters. The van der Waals surface area contributed by atoms with Crippen molar-refractivity contribution in [3.8, 4) is 17.1 Å². The number of hydrogen-bond acceptors (Lipinski definition) is 5. The highest BCUT2D eigenvalue weighted by molar-refractivity contribution is 8.00. The summed E-state index contributed by atoms with van der Waals surface area (Å²) in [6.45, 7) is 4.32. The molecule has 1 heterocycles. The van der Waals surface area contributed by atoms with Crippen molar-refractivity contribution in [3.63, 3.8) is 0 Å². The van der Waals surface area contributed by atoms with Gasteiger partial charge in [-0.2, -0.15) is 0 Å². The van der Waals surface area contributed by atoms with E-state index in [-0.39, 0.29) is 17.0 Å². The standard InChI is InChI=1S/C20H21FN4O2S/c1-4-27-17-11-9-16(10-12-17)22-19(26)13(2)28-20-24-23-18(25(20)3)14-5-7-15(21)8-6-14/h5-13H,4H2,1-3H3,(H,22,26)/t13-/m0/s1. The number of aromatic nitrogens is 3. The van der Waals surface area contributed by atoms with Gasteiger partial charge >= 0.3 is 0 Å². The van der Waals surface area contributed by atoms with Crippen LogP contribution in [0.1, 0.15) is 13.8 Å². The van der Waals surface area contributed by atoms with E-state index in [1.165, 1.54) is 23.9 Å². The van der Waals surface area contributed by atoms with Crippen LogP contribution in [-0.4, -0.2) is 32.5 Å². The number of amides is 1. The minimum atomic E-state index is -0.379. The second-order valence-corrected chi connectivity index (χ2v) is 7.39. The lowest BCUT2D eigenvalue weighted by Gasteiger charge is -2.12. The molecule has 0 radical (unpaired) electrons. The molecule has 0 aliphatic rings. The molecule has 6 nitrogen and oxygen atoms in total. The Hall–Kier alpha value is -2.87. The quantitative estimate of drug-likeness (QED) is 0.604. The predicted octanol–water partition coefficient (Wildman–Crippen LogP) is 4.14. The first-order chi connectivity index (χ1) is 13.5. The number of anilines is 1. The van der Waals surface area contributed by atoms with Crippen LogP contribution in [0.25, 0.3) is 11.4 Å². The van der Waals surface area contributed by atoms with Crippen LogP contribution in [0, 0.1) is 5.82 Å². The average molecular weight is 400 g/mol. The Kier molecular flexibility index (Phi) is 6.30. The number of benzene rings is 2. The molecule has 0 fully saturated rings. The highest BCUT2D eigenvalue weighted by Gasteiger charge is 2.19. The molecule has 1 atom stereocenters. The van der Waals surface area contributed by atoms with Gasteiger partial charge in [0.1, 0.15) is 11.6 Å². The summed E-state index contributed by atoms with van der Waals surface area (Å²) in [7, 11) is 1.82. The van der Waals surface area contributed by atoms with Crippen LogP contribution in [0.15, 0.2) is 53.7 Å². The fourth-order valence-corrected chi connectivity index (χ4v) is 3.34. The molecule has 2 aromatic carbocycles. The molecule has 1 N–H and O–H groups in total. The maximum Gasteiger partial charge on any atom is 0.237 e. The maximum atomic E-state index is 13.1. The molecule has 0 saturated carbocycles. The third-order valence-electron chi connectivity index (χ3n) is 4.02. The van der Waals surface area contributed by atoms with Gasteiger partial charge in [0.05, 0.1) is 11.9 Å². The fourth-order valence-electron chi connectivity index (χ4n) is 2.52. The van der Waals surface area contributed by atoms with E-state index < -0.39 is 0 Å². The van der Waals surface area contributed by atoms with E-state index in [0.29, 0.717) is 23.3 Å². The van der Waals surface area contributed by atoms with Crippen LogP contribution in [0.5, 0.6) is 5.75 Å². The van der Waals surface area contributed by atoms with Gasteiger partial charge in [-0.05, 0) is 62.4 Å². The Labute approximate surface area is 167 Å². The third-order valence-corrected chi connectivity index (χ3v) is 5.16. The molecule has 1 aromatic heterocycles. The van der Waals surface area contributed by atoms with Crippen molar-refractivity contribution in [1.29, 1.82) is 0 Å². The van der Waals surface area contributed by atoms with Crippen molar-refractivity contribution in [2.24, 2.45) is 7.05 Å². The molecular weight excluding hydrogens is 379 g/mol. The lowest BCUT2D eigenvalue weighted by atomic mass is 10.2. The minimum Gasteiger partial charge on any atom is -0.494 e. The molecule has 8 heteroatoms. The Bertz CT molecular complexity index is 942. The Morgan fingerprint density at radius 1 is 1.18 bits per heavy atom. The van der Waals surface area contributed by atoms with E-state index in [4.69, 9.17) is 4.74 Å². The van der Waals surface area contributed by atoms with E-state index in [9.17, 15) is 9.18 Å². The Morgan fingerprint density at radius 3 is 2.50 bits per heavy atom. The number of carbonyl (C=O) groups excluding carboxylic acids is 1. The van der Waals surface area contributed by atoms with Gasteiger partial charge in [0.15, 0.2) is 11.0 Å². The highest BCUT2D eigenvalue weighted by atomic mass is 32.2. The van der Waals surface area contributed by atoms with E-state index >= 15 is 0 Å². The molecule has 146 valence electrons. The van der Waals surface area contributed by atoms with Gasteiger partial charge in [0.25, 0.3) is 0 Å². The van der Waals surface area contributed by atoms with Gasteiger partial charge in [0.2, 0.25) is 5.91 Å². The second-order valence-electron chi connectivity index (χ2n) is 6.08. The van der Waals surface area contributed by atoms with Gasteiger partial charge in [-0.25, -0.2) is 4.39 Å². The monoisotopic (exact) mass is 400 g/mol. The molecule has 0 aliphatic carbocycles. The minimum absolute atomic E-state index is 0.138. The third kappa shape index (κ3) is 4.69. The number of hydrogen-bond donors (Lipinski definition) is 1.